The van der Waals surface area contributed by atoms with Crippen LogP contribution < -0.4 is 0 Å². The average molecular weight is 243 g/mol. The van der Waals surface area contributed by atoms with Gasteiger partial charge >= 0.3 is 12.1 Å². The van der Waals surface area contributed by atoms with Gasteiger partial charge in [-0.05, 0) is 33.6 Å². The summed E-state index contributed by atoms with van der Waals surface area (Å²) in [6, 6.07) is 0. The highest BCUT2D eigenvalue weighted by molar-refractivity contribution is 5.69. The molecule has 1 fully saturated rings. The molecule has 1 aliphatic heterocycles. The first-order valence-corrected chi connectivity index (χ1v) is 5.93. The Morgan fingerprint density at radius 2 is 1.94 bits per heavy atom. The molecule has 0 aromatic heterocycles. The Bertz CT molecular complexity index is 295. The second-order valence-corrected chi connectivity index (χ2v) is 5.30. The Labute approximate surface area is 102 Å². The lowest BCUT2D eigenvalue weighted by molar-refractivity contribution is -0.148. The Balaban J connectivity index is 2.49. The maximum absolute atomic E-state index is 11.8. The van der Waals surface area contributed by atoms with Crippen molar-refractivity contribution in [3.63, 3.8) is 0 Å². The summed E-state index contributed by atoms with van der Waals surface area (Å²) in [5, 5.41) is 0. The van der Waals surface area contributed by atoms with Crippen LogP contribution in [-0.4, -0.2) is 41.8 Å². The number of ether oxygens (including phenoxy) is 2. The topological polar surface area (TPSA) is 55.8 Å². The van der Waals surface area contributed by atoms with Crippen LogP contribution in [-0.2, 0) is 14.3 Å². The molecule has 1 aliphatic rings. The summed E-state index contributed by atoms with van der Waals surface area (Å²) in [4.78, 5) is 24.3. The van der Waals surface area contributed by atoms with E-state index in [1.165, 1.54) is 6.92 Å². The van der Waals surface area contributed by atoms with Gasteiger partial charge in [-0.3, -0.25) is 4.79 Å². The maximum Gasteiger partial charge on any atom is 0.410 e. The molecular formula is C12H21NO4. The van der Waals surface area contributed by atoms with E-state index in [4.69, 9.17) is 9.47 Å². The predicted molar refractivity (Wildman–Crippen MR) is 62.6 cm³/mol. The summed E-state index contributed by atoms with van der Waals surface area (Å²) in [6.45, 7) is 7.96. The number of carbonyl (C=O) groups excluding carboxylic acids is 2. The van der Waals surface area contributed by atoms with Crippen LogP contribution in [0.1, 0.15) is 40.5 Å². The molecule has 0 bridgehead atoms. The second kappa shape index (κ2) is 5.38. The summed E-state index contributed by atoms with van der Waals surface area (Å²) >= 11 is 0. The molecule has 1 saturated heterocycles. The van der Waals surface area contributed by atoms with E-state index >= 15 is 0 Å². The van der Waals surface area contributed by atoms with E-state index in [-0.39, 0.29) is 18.2 Å². The zero-order valence-corrected chi connectivity index (χ0v) is 11.0. The standard InChI is InChI=1S/C12H21NO4/c1-9(14)16-10-6-5-7-13(8-10)11(15)17-12(2,3)4/h10H,5-8H2,1-4H3/t10-/m0/s1. The Morgan fingerprint density at radius 1 is 1.29 bits per heavy atom. The summed E-state index contributed by atoms with van der Waals surface area (Å²) in [6.07, 6.45) is 1.10. The highest BCUT2D eigenvalue weighted by Crippen LogP contribution is 2.17. The third kappa shape index (κ3) is 5.06. The largest absolute Gasteiger partial charge is 0.461 e. The molecule has 0 radical (unpaired) electrons. The van der Waals surface area contributed by atoms with Crippen LogP contribution in [0, 0.1) is 0 Å². The Kier molecular flexibility index (Phi) is 4.37. The minimum atomic E-state index is -0.495. The van der Waals surface area contributed by atoms with Gasteiger partial charge in [-0.25, -0.2) is 4.79 Å². The molecule has 0 N–H and O–H groups in total. The highest BCUT2D eigenvalue weighted by Gasteiger charge is 2.28. The predicted octanol–water partition coefficient (Wildman–Crippen LogP) is 1.95. The highest BCUT2D eigenvalue weighted by atomic mass is 16.6. The zero-order valence-electron chi connectivity index (χ0n) is 11.0. The molecule has 1 amide bonds. The summed E-state index contributed by atoms with van der Waals surface area (Å²) in [7, 11) is 0. The first-order chi connectivity index (χ1) is 7.78. The van der Waals surface area contributed by atoms with E-state index in [0.717, 1.165) is 12.8 Å². The van der Waals surface area contributed by atoms with Crippen LogP contribution in [0.2, 0.25) is 0 Å². The fourth-order valence-corrected chi connectivity index (χ4v) is 1.76. The monoisotopic (exact) mass is 243 g/mol. The van der Waals surface area contributed by atoms with Crippen molar-refractivity contribution in [2.24, 2.45) is 0 Å². The molecule has 1 atom stereocenters. The van der Waals surface area contributed by atoms with E-state index in [2.05, 4.69) is 0 Å². The summed E-state index contributed by atoms with van der Waals surface area (Å²) < 4.78 is 10.4. The fourth-order valence-electron chi connectivity index (χ4n) is 1.76. The molecule has 0 spiro atoms. The lowest BCUT2D eigenvalue weighted by Crippen LogP contribution is -2.45. The van der Waals surface area contributed by atoms with Crippen molar-refractivity contribution in [2.75, 3.05) is 13.1 Å². The molecule has 1 heterocycles. The Hall–Kier alpha value is -1.26. The van der Waals surface area contributed by atoms with Gasteiger partial charge in [-0.2, -0.15) is 0 Å². The van der Waals surface area contributed by atoms with Crippen LogP contribution in [0.4, 0.5) is 4.79 Å². The van der Waals surface area contributed by atoms with Crippen LogP contribution >= 0.6 is 0 Å². The lowest BCUT2D eigenvalue weighted by atomic mass is 10.1. The number of likely N-dealkylation sites (tertiary alicyclic amines) is 1. The quantitative estimate of drug-likeness (QED) is 0.660. The minimum Gasteiger partial charge on any atom is -0.461 e. The molecule has 5 nitrogen and oxygen atoms in total. The van der Waals surface area contributed by atoms with Gasteiger partial charge in [0.05, 0.1) is 6.54 Å². The fraction of sp³-hybridized carbons (Fsp3) is 0.833. The molecule has 0 aliphatic carbocycles. The van der Waals surface area contributed by atoms with Crippen molar-refractivity contribution >= 4 is 12.1 Å². The SMILES string of the molecule is CC(=O)O[C@H]1CCCN(C(=O)OC(C)(C)C)C1. The molecule has 17 heavy (non-hydrogen) atoms. The summed E-state index contributed by atoms with van der Waals surface area (Å²) in [5.41, 5.74) is -0.495. The van der Waals surface area contributed by atoms with Gasteiger partial charge in [-0.15, -0.1) is 0 Å². The van der Waals surface area contributed by atoms with Crippen molar-refractivity contribution < 1.29 is 19.1 Å². The van der Waals surface area contributed by atoms with Crippen molar-refractivity contribution in [2.45, 2.75) is 52.2 Å². The van der Waals surface area contributed by atoms with Gasteiger partial charge in [0.2, 0.25) is 0 Å². The number of hydrogen-bond donors (Lipinski definition) is 0. The second-order valence-electron chi connectivity index (χ2n) is 5.30. The van der Waals surface area contributed by atoms with E-state index in [1.54, 1.807) is 4.90 Å². The van der Waals surface area contributed by atoms with Crippen LogP contribution in [0.15, 0.2) is 0 Å². The molecule has 0 saturated carbocycles. The first kappa shape index (κ1) is 13.8. The zero-order chi connectivity index (χ0) is 13.1. The van der Waals surface area contributed by atoms with E-state index < -0.39 is 5.60 Å². The van der Waals surface area contributed by atoms with Gasteiger partial charge in [0.25, 0.3) is 0 Å². The number of amides is 1. The maximum atomic E-state index is 11.8. The van der Waals surface area contributed by atoms with Crippen LogP contribution in [0.5, 0.6) is 0 Å². The van der Waals surface area contributed by atoms with E-state index in [0.29, 0.717) is 13.1 Å². The van der Waals surface area contributed by atoms with E-state index in [1.807, 2.05) is 20.8 Å². The average Bonchev–Trinajstić information content (AvgIpc) is 2.14. The van der Waals surface area contributed by atoms with Crippen LogP contribution in [0.25, 0.3) is 0 Å². The number of rotatable bonds is 1. The Morgan fingerprint density at radius 3 is 2.47 bits per heavy atom. The van der Waals surface area contributed by atoms with E-state index in [9.17, 15) is 9.59 Å². The van der Waals surface area contributed by atoms with Gasteiger partial charge in [0.15, 0.2) is 0 Å². The number of carbonyl (C=O) groups is 2. The van der Waals surface area contributed by atoms with Gasteiger partial charge in [-0.1, -0.05) is 0 Å². The number of esters is 1. The number of nitrogens with zero attached hydrogens (tertiary/aromatic N) is 1. The molecule has 1 rings (SSSR count). The lowest BCUT2D eigenvalue weighted by Gasteiger charge is -2.33. The van der Waals surface area contributed by atoms with Gasteiger partial charge in [0, 0.05) is 13.5 Å². The molecule has 0 unspecified atom stereocenters. The smallest absolute Gasteiger partial charge is 0.410 e. The van der Waals surface area contributed by atoms with Crippen molar-refractivity contribution in [1.29, 1.82) is 0 Å². The molecule has 5 heteroatoms. The van der Waals surface area contributed by atoms with Crippen molar-refractivity contribution in [3.05, 3.63) is 0 Å². The molecule has 0 aromatic rings. The van der Waals surface area contributed by atoms with Gasteiger partial charge < -0.3 is 14.4 Å². The number of piperidine rings is 1. The third-order valence-corrected chi connectivity index (χ3v) is 2.36. The molecule has 0 aromatic carbocycles. The third-order valence-electron chi connectivity index (χ3n) is 2.36. The van der Waals surface area contributed by atoms with Gasteiger partial charge in [0.1, 0.15) is 11.7 Å². The first-order valence-electron chi connectivity index (χ1n) is 5.93. The normalized spacial score (nSPS) is 20.9. The summed E-state index contributed by atoms with van der Waals surface area (Å²) in [5.74, 6) is -0.305. The molecular weight excluding hydrogens is 222 g/mol. The molecule has 98 valence electrons. The minimum absolute atomic E-state index is 0.200. The number of hydrogen-bond acceptors (Lipinski definition) is 4. The van der Waals surface area contributed by atoms with Crippen molar-refractivity contribution in [1.82, 2.24) is 4.90 Å². The van der Waals surface area contributed by atoms with Crippen molar-refractivity contribution in [3.8, 4) is 0 Å². The van der Waals surface area contributed by atoms with Crippen LogP contribution in [0.3, 0.4) is 0 Å².